The Balaban J connectivity index is 1.84. The number of nitrogens with one attached hydrogen (secondary N) is 2. The molecule has 1 saturated carbocycles. The lowest BCUT2D eigenvalue weighted by atomic mass is 9.89. The average molecular weight is 459 g/mol. The minimum Gasteiger partial charge on any atom is -0.379 e. The van der Waals surface area contributed by atoms with Gasteiger partial charge in [-0.05, 0) is 50.7 Å². The third-order valence-corrected chi connectivity index (χ3v) is 7.08. The maximum Gasteiger partial charge on any atom is 0.266 e. The molecule has 0 unspecified atom stereocenters. The van der Waals surface area contributed by atoms with E-state index in [4.69, 9.17) is 11.6 Å². The predicted octanol–water partition coefficient (Wildman–Crippen LogP) is 4.49. The summed E-state index contributed by atoms with van der Waals surface area (Å²) < 4.78 is 55.2. The highest BCUT2D eigenvalue weighted by molar-refractivity contribution is 7.92. The molecule has 10 heteroatoms. The molecule has 0 amide bonds. The van der Waals surface area contributed by atoms with Gasteiger partial charge in [0.1, 0.15) is 16.5 Å². The van der Waals surface area contributed by atoms with Gasteiger partial charge in [-0.25, -0.2) is 17.8 Å². The topological polar surface area (TPSA) is 74.3 Å². The van der Waals surface area contributed by atoms with Gasteiger partial charge in [0, 0.05) is 12.1 Å². The summed E-state index contributed by atoms with van der Waals surface area (Å²) in [6.07, 6.45) is 4.13. The number of sulfonamides is 1. The van der Waals surface area contributed by atoms with E-state index in [0.29, 0.717) is 5.69 Å². The zero-order valence-electron chi connectivity index (χ0n) is 16.8. The first-order valence-electron chi connectivity index (χ1n) is 9.82. The largest absolute Gasteiger partial charge is 0.379 e. The molecule has 1 aliphatic carbocycles. The minimum absolute atomic E-state index is 0.0812. The maximum atomic E-state index is 14.8. The van der Waals surface area contributed by atoms with Crippen molar-refractivity contribution in [1.29, 1.82) is 0 Å². The number of rotatable bonds is 7. The summed E-state index contributed by atoms with van der Waals surface area (Å²) in [6.45, 7) is 2.97. The summed E-state index contributed by atoms with van der Waals surface area (Å²) in [7, 11) is -2.29. The molecule has 2 N–H and O–H groups in total. The van der Waals surface area contributed by atoms with E-state index in [0.717, 1.165) is 50.4 Å². The molecule has 1 fully saturated rings. The van der Waals surface area contributed by atoms with Gasteiger partial charge in [0.05, 0.1) is 10.7 Å². The van der Waals surface area contributed by atoms with Crippen molar-refractivity contribution in [2.45, 2.75) is 49.6 Å². The highest BCUT2D eigenvalue weighted by Gasteiger charge is 2.29. The molecule has 1 aromatic carbocycles. The van der Waals surface area contributed by atoms with Crippen LogP contribution in [0.15, 0.2) is 35.2 Å². The number of halogens is 3. The van der Waals surface area contributed by atoms with Gasteiger partial charge < -0.3 is 10.2 Å². The van der Waals surface area contributed by atoms with Crippen LogP contribution in [0.3, 0.4) is 0 Å². The molecule has 2 atom stereocenters. The van der Waals surface area contributed by atoms with E-state index in [2.05, 4.69) is 33.9 Å². The van der Waals surface area contributed by atoms with Crippen LogP contribution in [-0.4, -0.2) is 44.0 Å². The number of anilines is 2. The van der Waals surface area contributed by atoms with Gasteiger partial charge in [0.25, 0.3) is 10.0 Å². The lowest BCUT2D eigenvalue weighted by Crippen LogP contribution is -2.47. The van der Waals surface area contributed by atoms with Crippen molar-refractivity contribution in [2.24, 2.45) is 0 Å². The fraction of sp³-hybridized carbons (Fsp3) is 0.450. The van der Waals surface area contributed by atoms with Crippen molar-refractivity contribution in [3.63, 3.8) is 0 Å². The Morgan fingerprint density at radius 3 is 2.67 bits per heavy atom. The van der Waals surface area contributed by atoms with Gasteiger partial charge in [-0.1, -0.05) is 37.4 Å². The fourth-order valence-corrected chi connectivity index (χ4v) is 5.11. The van der Waals surface area contributed by atoms with Gasteiger partial charge in [0.2, 0.25) is 5.95 Å². The Morgan fingerprint density at radius 1 is 1.23 bits per heavy atom. The first kappa shape index (κ1) is 22.7. The molecule has 0 spiro atoms. The first-order chi connectivity index (χ1) is 14.2. The van der Waals surface area contributed by atoms with Gasteiger partial charge >= 0.3 is 0 Å². The van der Waals surface area contributed by atoms with Crippen molar-refractivity contribution in [1.82, 2.24) is 9.88 Å². The number of pyridine rings is 1. The molecule has 0 bridgehead atoms. The van der Waals surface area contributed by atoms with Crippen molar-refractivity contribution < 1.29 is 17.2 Å². The third kappa shape index (κ3) is 5.19. The van der Waals surface area contributed by atoms with Crippen LogP contribution in [0.25, 0.3) is 0 Å². The van der Waals surface area contributed by atoms with Gasteiger partial charge in [0.15, 0.2) is 0 Å². The molecule has 30 heavy (non-hydrogen) atoms. The Labute approximate surface area is 180 Å². The lowest BCUT2D eigenvalue weighted by Gasteiger charge is -2.38. The van der Waals surface area contributed by atoms with E-state index in [-0.39, 0.29) is 22.9 Å². The second kappa shape index (κ2) is 9.45. The highest BCUT2D eigenvalue weighted by atomic mass is 35.5. The van der Waals surface area contributed by atoms with E-state index >= 15 is 0 Å². The molecular formula is C20H25ClF2N4O2S. The van der Waals surface area contributed by atoms with E-state index < -0.39 is 26.7 Å². The van der Waals surface area contributed by atoms with E-state index in [1.807, 2.05) is 0 Å². The second-order valence-electron chi connectivity index (χ2n) is 7.39. The number of aromatic nitrogens is 1. The predicted molar refractivity (Wildman–Crippen MR) is 114 cm³/mol. The zero-order valence-corrected chi connectivity index (χ0v) is 18.4. The third-order valence-electron chi connectivity index (χ3n) is 5.40. The number of hydrogen-bond acceptors (Lipinski definition) is 5. The maximum absolute atomic E-state index is 14.8. The Morgan fingerprint density at radius 2 is 1.97 bits per heavy atom. The van der Waals surface area contributed by atoms with Crippen LogP contribution in [-0.2, 0) is 10.0 Å². The van der Waals surface area contributed by atoms with Crippen LogP contribution in [0.5, 0.6) is 0 Å². The van der Waals surface area contributed by atoms with Crippen molar-refractivity contribution in [3.8, 4) is 0 Å². The first-order valence-corrected chi connectivity index (χ1v) is 11.7. The summed E-state index contributed by atoms with van der Waals surface area (Å²) in [5, 5.41) is 3.39. The molecule has 1 aliphatic rings. The van der Waals surface area contributed by atoms with Gasteiger partial charge in [-0.15, -0.1) is 0 Å². The summed E-state index contributed by atoms with van der Waals surface area (Å²) in [4.78, 5) is 5.05. The van der Waals surface area contributed by atoms with Gasteiger partial charge in [-0.2, -0.15) is 4.39 Å². The Kier molecular flexibility index (Phi) is 7.15. The minimum atomic E-state index is -4.34. The molecule has 6 nitrogen and oxygen atoms in total. The van der Waals surface area contributed by atoms with Crippen LogP contribution in [0.4, 0.5) is 20.3 Å². The normalized spacial score (nSPS) is 19.7. The van der Waals surface area contributed by atoms with E-state index in [1.54, 1.807) is 0 Å². The summed E-state index contributed by atoms with van der Waals surface area (Å²) in [5.74, 6) is -2.06. The van der Waals surface area contributed by atoms with Crippen molar-refractivity contribution in [3.05, 3.63) is 47.1 Å². The lowest BCUT2D eigenvalue weighted by molar-refractivity contribution is 0.185. The SMILES string of the molecule is CCN(C)[C@H]1CCCC[C@@H]1Nc1cc(F)c(S(=O)(=O)Nc2cccc(F)n2)cc1Cl. The Bertz CT molecular complexity index is 1010. The van der Waals surface area contributed by atoms with Crippen LogP contribution < -0.4 is 10.0 Å². The molecule has 0 saturated heterocycles. The summed E-state index contributed by atoms with van der Waals surface area (Å²) in [6, 6.07) is 6.15. The van der Waals surface area contributed by atoms with Crippen molar-refractivity contribution >= 4 is 33.1 Å². The summed E-state index contributed by atoms with van der Waals surface area (Å²) in [5.41, 5.74) is 0.346. The molecular weight excluding hydrogens is 434 g/mol. The number of benzene rings is 1. The highest BCUT2D eigenvalue weighted by Crippen LogP contribution is 2.32. The quantitative estimate of drug-likeness (QED) is 0.598. The molecule has 1 heterocycles. The fourth-order valence-electron chi connectivity index (χ4n) is 3.74. The Hall–Kier alpha value is -1.97. The molecule has 0 radical (unpaired) electrons. The van der Waals surface area contributed by atoms with E-state index in [9.17, 15) is 17.2 Å². The van der Waals surface area contributed by atoms with Crippen LogP contribution in [0.2, 0.25) is 5.02 Å². The summed E-state index contributed by atoms with van der Waals surface area (Å²) >= 11 is 6.31. The van der Waals surface area contributed by atoms with Crippen LogP contribution in [0.1, 0.15) is 32.6 Å². The standard InChI is InChI=1S/C20H25ClF2N4O2S/c1-3-27(2)17-8-5-4-7-15(17)24-16-12-14(22)18(11-13(16)21)30(28,29)26-20-10-6-9-19(23)25-20/h6,9-12,15,17,24H,3-5,7-8H2,1-2H3,(H,25,26)/t15-,17-/m0/s1. The molecule has 0 aliphatic heterocycles. The van der Waals surface area contributed by atoms with Gasteiger partial charge in [-0.3, -0.25) is 4.72 Å². The van der Waals surface area contributed by atoms with Crippen LogP contribution >= 0.6 is 11.6 Å². The molecule has 1 aromatic heterocycles. The average Bonchev–Trinajstić information content (AvgIpc) is 2.70. The van der Waals surface area contributed by atoms with Crippen molar-refractivity contribution in [2.75, 3.05) is 23.6 Å². The molecule has 3 rings (SSSR count). The molecule has 2 aromatic rings. The van der Waals surface area contributed by atoms with Crippen LogP contribution in [0, 0.1) is 11.8 Å². The number of hydrogen-bond donors (Lipinski definition) is 2. The number of nitrogens with zero attached hydrogens (tertiary/aromatic N) is 2. The monoisotopic (exact) mass is 458 g/mol. The molecule has 164 valence electrons. The smallest absolute Gasteiger partial charge is 0.266 e. The van der Waals surface area contributed by atoms with E-state index in [1.165, 1.54) is 12.1 Å². The second-order valence-corrected chi connectivity index (χ2v) is 9.45. The zero-order chi connectivity index (χ0) is 21.9. The number of likely N-dealkylation sites (N-methyl/N-ethyl adjacent to an activating group) is 1.